The van der Waals surface area contributed by atoms with E-state index in [2.05, 4.69) is 6.92 Å². The third-order valence-electron chi connectivity index (χ3n) is 6.22. The average molecular weight is 454 g/mol. The molecule has 0 aromatic heterocycles. The lowest BCUT2D eigenvalue weighted by atomic mass is 9.94. The molecule has 2 aliphatic rings. The maximum atomic E-state index is 14.4. The van der Waals surface area contributed by atoms with Gasteiger partial charge in [-0.1, -0.05) is 13.3 Å². The van der Waals surface area contributed by atoms with E-state index in [1.807, 2.05) is 7.05 Å². The number of piperidine rings is 1. The molecular weight excluding hydrogens is 421 g/mol. The molecule has 1 aromatic rings. The van der Waals surface area contributed by atoms with Crippen LogP contribution in [0.2, 0.25) is 0 Å². The van der Waals surface area contributed by atoms with E-state index < -0.39 is 20.7 Å². The fourth-order valence-electron chi connectivity index (χ4n) is 4.23. The van der Waals surface area contributed by atoms with Crippen molar-refractivity contribution in [2.45, 2.75) is 50.3 Å². The van der Waals surface area contributed by atoms with E-state index in [4.69, 9.17) is 0 Å². The van der Waals surface area contributed by atoms with Crippen LogP contribution in [0.5, 0.6) is 0 Å². The number of sulfonamides is 1. The van der Waals surface area contributed by atoms with Crippen molar-refractivity contribution in [3.05, 3.63) is 29.6 Å². The topological polar surface area (TPSA) is 78.0 Å². The molecule has 9 heteroatoms. The molecule has 0 radical (unpaired) electrons. The van der Waals surface area contributed by atoms with Gasteiger partial charge in [0.15, 0.2) is 0 Å². The van der Waals surface area contributed by atoms with Crippen molar-refractivity contribution >= 4 is 21.8 Å². The van der Waals surface area contributed by atoms with Crippen LogP contribution in [0, 0.1) is 11.7 Å². The lowest BCUT2D eigenvalue weighted by Crippen LogP contribution is -2.43. The number of rotatable bonds is 7. The molecule has 0 N–H and O–H groups in total. The molecule has 2 saturated heterocycles. The van der Waals surface area contributed by atoms with Crippen molar-refractivity contribution in [1.82, 2.24) is 14.1 Å². The van der Waals surface area contributed by atoms with E-state index in [1.54, 1.807) is 9.80 Å². The molecule has 0 aliphatic carbocycles. The lowest BCUT2D eigenvalue weighted by molar-refractivity contribution is -0.135. The van der Waals surface area contributed by atoms with Gasteiger partial charge in [-0.05, 0) is 50.3 Å². The van der Waals surface area contributed by atoms with Crippen LogP contribution in [0.3, 0.4) is 0 Å². The quantitative estimate of drug-likeness (QED) is 0.636. The van der Waals surface area contributed by atoms with Gasteiger partial charge in [-0.25, -0.2) is 12.8 Å². The third-order valence-corrected chi connectivity index (χ3v) is 8.13. The molecule has 7 nitrogen and oxygen atoms in total. The predicted molar refractivity (Wildman–Crippen MR) is 116 cm³/mol. The first-order valence-electron chi connectivity index (χ1n) is 11.1. The van der Waals surface area contributed by atoms with Crippen LogP contribution in [0.15, 0.2) is 23.1 Å². The van der Waals surface area contributed by atoms with Gasteiger partial charge in [-0.3, -0.25) is 9.59 Å². The second-order valence-corrected chi connectivity index (χ2v) is 10.3. The standard InChI is InChI=1S/C22H32FN3O4S/c1-3-4-11-24(2)21(27)17-9-14-25(15-10-17)22(28)18-7-8-19(23)20(16-18)31(29,30)26-12-5-6-13-26/h7-8,16-17H,3-6,9-15H2,1-2H3. The molecule has 3 rings (SSSR count). The van der Waals surface area contributed by atoms with Crippen LogP contribution in [-0.4, -0.2) is 74.1 Å². The van der Waals surface area contributed by atoms with Crippen LogP contribution >= 0.6 is 0 Å². The van der Waals surface area contributed by atoms with E-state index in [0.29, 0.717) is 39.0 Å². The second-order valence-electron chi connectivity index (χ2n) is 8.44. The summed E-state index contributed by atoms with van der Waals surface area (Å²) in [6.45, 7) is 4.39. The predicted octanol–water partition coefficient (Wildman–Crippen LogP) is 2.72. The van der Waals surface area contributed by atoms with E-state index >= 15 is 0 Å². The van der Waals surface area contributed by atoms with Crippen molar-refractivity contribution in [2.75, 3.05) is 39.8 Å². The highest BCUT2D eigenvalue weighted by Crippen LogP contribution is 2.26. The van der Waals surface area contributed by atoms with Crippen molar-refractivity contribution in [3.8, 4) is 0 Å². The number of carbonyl (C=O) groups is 2. The molecule has 0 atom stereocenters. The smallest absolute Gasteiger partial charge is 0.253 e. The van der Waals surface area contributed by atoms with Crippen LogP contribution in [0.25, 0.3) is 0 Å². The molecule has 2 amide bonds. The number of unbranched alkanes of at least 4 members (excludes halogenated alkanes) is 1. The first-order chi connectivity index (χ1) is 14.8. The maximum absolute atomic E-state index is 14.4. The molecule has 1 aromatic carbocycles. The number of likely N-dealkylation sites (tertiary alicyclic amines) is 1. The van der Waals surface area contributed by atoms with E-state index in [1.165, 1.54) is 10.4 Å². The Morgan fingerprint density at radius 2 is 1.77 bits per heavy atom. The monoisotopic (exact) mass is 453 g/mol. The van der Waals surface area contributed by atoms with Gasteiger partial charge in [-0.15, -0.1) is 0 Å². The van der Waals surface area contributed by atoms with E-state index in [0.717, 1.165) is 44.4 Å². The summed E-state index contributed by atoms with van der Waals surface area (Å²) in [5.41, 5.74) is 0.156. The highest BCUT2D eigenvalue weighted by atomic mass is 32.2. The first kappa shape index (κ1) is 23.7. The van der Waals surface area contributed by atoms with Crippen LogP contribution < -0.4 is 0 Å². The summed E-state index contributed by atoms with van der Waals surface area (Å²) in [5, 5.41) is 0. The fraction of sp³-hybridized carbons (Fsp3) is 0.636. The van der Waals surface area contributed by atoms with Gasteiger partial charge < -0.3 is 9.80 Å². The minimum Gasteiger partial charge on any atom is -0.346 e. The molecule has 172 valence electrons. The SMILES string of the molecule is CCCCN(C)C(=O)C1CCN(C(=O)c2ccc(F)c(S(=O)(=O)N3CCCC3)c2)CC1. The number of benzene rings is 1. The Hall–Kier alpha value is -2.00. The Morgan fingerprint density at radius 1 is 1.13 bits per heavy atom. The van der Waals surface area contributed by atoms with Crippen molar-refractivity contribution < 1.29 is 22.4 Å². The Kier molecular flexibility index (Phi) is 7.69. The van der Waals surface area contributed by atoms with Gasteiger partial charge in [0.2, 0.25) is 15.9 Å². The van der Waals surface area contributed by atoms with Gasteiger partial charge in [0.1, 0.15) is 10.7 Å². The molecule has 2 fully saturated rings. The summed E-state index contributed by atoms with van der Waals surface area (Å²) in [5.74, 6) is -1.17. The van der Waals surface area contributed by atoms with Crippen molar-refractivity contribution in [3.63, 3.8) is 0 Å². The number of hydrogen-bond donors (Lipinski definition) is 0. The van der Waals surface area contributed by atoms with Gasteiger partial charge >= 0.3 is 0 Å². The normalized spacial score (nSPS) is 18.4. The van der Waals surface area contributed by atoms with Crippen molar-refractivity contribution in [1.29, 1.82) is 0 Å². The molecular formula is C22H32FN3O4S. The summed E-state index contributed by atoms with van der Waals surface area (Å²) in [6, 6.07) is 3.53. The number of hydrogen-bond acceptors (Lipinski definition) is 4. The largest absolute Gasteiger partial charge is 0.346 e. The molecule has 2 heterocycles. The zero-order valence-corrected chi connectivity index (χ0v) is 19.2. The third kappa shape index (κ3) is 5.26. The number of nitrogens with zero attached hydrogens (tertiary/aromatic N) is 3. The average Bonchev–Trinajstić information content (AvgIpc) is 3.33. The van der Waals surface area contributed by atoms with Gasteiger partial charge in [-0.2, -0.15) is 4.31 Å². The van der Waals surface area contributed by atoms with Gasteiger partial charge in [0.25, 0.3) is 5.91 Å². The van der Waals surface area contributed by atoms with E-state index in [-0.39, 0.29) is 23.3 Å². The zero-order valence-electron chi connectivity index (χ0n) is 18.3. The van der Waals surface area contributed by atoms with Crippen molar-refractivity contribution in [2.24, 2.45) is 5.92 Å². The summed E-state index contributed by atoms with van der Waals surface area (Å²) >= 11 is 0. The Labute approximate surface area is 184 Å². The minimum atomic E-state index is -3.96. The Bertz CT molecular complexity index is 907. The molecule has 31 heavy (non-hydrogen) atoms. The molecule has 0 bridgehead atoms. The van der Waals surface area contributed by atoms with E-state index in [9.17, 15) is 22.4 Å². The van der Waals surface area contributed by atoms with Crippen LogP contribution in [0.1, 0.15) is 55.8 Å². The van der Waals surface area contributed by atoms with Gasteiger partial charge in [0, 0.05) is 51.3 Å². The lowest BCUT2D eigenvalue weighted by Gasteiger charge is -2.33. The summed E-state index contributed by atoms with van der Waals surface area (Å²) in [7, 11) is -2.14. The fourth-order valence-corrected chi connectivity index (χ4v) is 5.84. The summed E-state index contributed by atoms with van der Waals surface area (Å²) < 4.78 is 41.2. The summed E-state index contributed by atoms with van der Waals surface area (Å²) in [6.07, 6.45) is 4.63. The minimum absolute atomic E-state index is 0.106. The highest BCUT2D eigenvalue weighted by Gasteiger charge is 2.32. The Balaban J connectivity index is 1.67. The second kappa shape index (κ2) is 10.1. The number of carbonyl (C=O) groups excluding carboxylic acids is 2. The molecule has 0 saturated carbocycles. The zero-order chi connectivity index (χ0) is 22.6. The number of halogens is 1. The first-order valence-corrected chi connectivity index (χ1v) is 12.5. The number of amides is 2. The van der Waals surface area contributed by atoms with Crippen LogP contribution in [-0.2, 0) is 14.8 Å². The Morgan fingerprint density at radius 3 is 2.39 bits per heavy atom. The molecule has 0 spiro atoms. The van der Waals surface area contributed by atoms with Crippen LogP contribution in [0.4, 0.5) is 4.39 Å². The highest BCUT2D eigenvalue weighted by molar-refractivity contribution is 7.89. The maximum Gasteiger partial charge on any atom is 0.253 e. The molecule has 0 unspecified atom stereocenters. The molecule has 2 aliphatic heterocycles. The van der Waals surface area contributed by atoms with Gasteiger partial charge in [0.05, 0.1) is 0 Å². The summed E-state index contributed by atoms with van der Waals surface area (Å²) in [4.78, 5) is 28.5.